The summed E-state index contributed by atoms with van der Waals surface area (Å²) in [6.45, 7) is 0.316. The van der Waals surface area contributed by atoms with Gasteiger partial charge in [-0.25, -0.2) is 4.39 Å². The first-order valence-electron chi connectivity index (χ1n) is 7.04. The Labute approximate surface area is 127 Å². The van der Waals surface area contributed by atoms with Crippen LogP contribution in [-0.4, -0.2) is 12.5 Å². The molecule has 1 fully saturated rings. The Kier molecular flexibility index (Phi) is 5.16. The number of rotatable bonds is 3. The molecule has 0 unspecified atom stereocenters. The van der Waals surface area contributed by atoms with Gasteiger partial charge in [-0.1, -0.05) is 41.6 Å². The van der Waals surface area contributed by atoms with Crippen molar-refractivity contribution in [1.82, 2.24) is 0 Å². The molecule has 0 atom stereocenters. The van der Waals surface area contributed by atoms with E-state index in [0.717, 1.165) is 38.5 Å². The molecule has 0 radical (unpaired) electrons. The van der Waals surface area contributed by atoms with Crippen molar-refractivity contribution in [2.24, 2.45) is 11.1 Å². The number of nitrogens with two attached hydrogens (primary N) is 1. The lowest BCUT2D eigenvalue weighted by Gasteiger charge is -2.29. The van der Waals surface area contributed by atoms with Crippen molar-refractivity contribution in [3.63, 3.8) is 0 Å². The summed E-state index contributed by atoms with van der Waals surface area (Å²) < 4.78 is 14.5. The lowest BCUT2D eigenvalue weighted by atomic mass is 9.79. The minimum absolute atomic E-state index is 0.150. The molecule has 0 bridgehead atoms. The van der Waals surface area contributed by atoms with Gasteiger partial charge in [0, 0.05) is 11.0 Å². The van der Waals surface area contributed by atoms with Crippen LogP contribution in [0.4, 0.5) is 10.1 Å². The topological polar surface area (TPSA) is 55.1 Å². The van der Waals surface area contributed by atoms with Crippen LogP contribution in [0.3, 0.4) is 0 Å². The third kappa shape index (κ3) is 3.38. The average molecular weight is 343 g/mol. The van der Waals surface area contributed by atoms with Crippen molar-refractivity contribution in [2.75, 3.05) is 11.9 Å². The van der Waals surface area contributed by atoms with E-state index in [1.807, 2.05) is 0 Å². The molecule has 1 amide bonds. The summed E-state index contributed by atoms with van der Waals surface area (Å²) in [5.41, 5.74) is 5.53. The third-order valence-electron chi connectivity index (χ3n) is 4.11. The first-order chi connectivity index (χ1) is 9.57. The molecule has 1 aromatic rings. The maximum Gasteiger partial charge on any atom is 0.231 e. The van der Waals surface area contributed by atoms with Crippen LogP contribution in [0.15, 0.2) is 22.7 Å². The molecule has 3 N–H and O–H groups in total. The van der Waals surface area contributed by atoms with Crippen molar-refractivity contribution >= 4 is 27.5 Å². The van der Waals surface area contributed by atoms with E-state index < -0.39 is 11.2 Å². The first kappa shape index (κ1) is 15.4. The summed E-state index contributed by atoms with van der Waals surface area (Å²) in [5.74, 6) is -0.586. The Balaban J connectivity index is 2.16. The molecule has 0 spiro atoms. The summed E-state index contributed by atoms with van der Waals surface area (Å²) in [5, 5.41) is 2.71. The zero-order valence-electron chi connectivity index (χ0n) is 11.4. The van der Waals surface area contributed by atoms with Gasteiger partial charge in [-0.3, -0.25) is 4.79 Å². The number of amides is 1. The Hall–Kier alpha value is -0.940. The van der Waals surface area contributed by atoms with Crippen LogP contribution >= 0.6 is 15.9 Å². The molecular formula is C15H20BrFN2O. The van der Waals surface area contributed by atoms with E-state index in [1.54, 1.807) is 12.1 Å². The van der Waals surface area contributed by atoms with Gasteiger partial charge in [0.25, 0.3) is 0 Å². The first-order valence-corrected chi connectivity index (χ1v) is 7.83. The molecule has 1 saturated carbocycles. The van der Waals surface area contributed by atoms with Gasteiger partial charge in [-0.15, -0.1) is 0 Å². The van der Waals surface area contributed by atoms with Crippen molar-refractivity contribution in [1.29, 1.82) is 0 Å². The van der Waals surface area contributed by atoms with Crippen LogP contribution in [0, 0.1) is 11.2 Å². The van der Waals surface area contributed by atoms with Crippen molar-refractivity contribution in [3.05, 3.63) is 28.5 Å². The highest BCUT2D eigenvalue weighted by atomic mass is 79.9. The number of halogens is 2. The Morgan fingerprint density at radius 3 is 2.50 bits per heavy atom. The van der Waals surface area contributed by atoms with E-state index in [9.17, 15) is 9.18 Å². The highest BCUT2D eigenvalue weighted by molar-refractivity contribution is 9.10. The number of carbonyl (C=O) groups excluding carboxylic acids is 1. The highest BCUT2D eigenvalue weighted by Crippen LogP contribution is 2.35. The summed E-state index contributed by atoms with van der Waals surface area (Å²) in [6, 6.07) is 4.62. The molecule has 0 aromatic heterocycles. The van der Waals surface area contributed by atoms with Crippen LogP contribution in [0.2, 0.25) is 0 Å². The summed E-state index contributed by atoms with van der Waals surface area (Å²) in [7, 11) is 0. The number of benzene rings is 1. The van der Waals surface area contributed by atoms with Gasteiger partial charge in [-0.2, -0.15) is 0 Å². The number of carbonyl (C=O) groups is 1. The van der Waals surface area contributed by atoms with Crippen LogP contribution in [0.1, 0.15) is 38.5 Å². The fraction of sp³-hybridized carbons (Fsp3) is 0.533. The summed E-state index contributed by atoms with van der Waals surface area (Å²) in [6.07, 6.45) is 5.87. The summed E-state index contributed by atoms with van der Waals surface area (Å²) >= 11 is 3.20. The van der Waals surface area contributed by atoms with Crippen LogP contribution in [-0.2, 0) is 4.79 Å². The van der Waals surface area contributed by atoms with E-state index in [2.05, 4.69) is 21.2 Å². The average Bonchev–Trinajstić information content (AvgIpc) is 2.68. The molecule has 1 aromatic carbocycles. The predicted molar refractivity (Wildman–Crippen MR) is 81.9 cm³/mol. The largest absolute Gasteiger partial charge is 0.329 e. The van der Waals surface area contributed by atoms with Crippen LogP contribution < -0.4 is 11.1 Å². The smallest absolute Gasteiger partial charge is 0.231 e. The fourth-order valence-electron chi connectivity index (χ4n) is 2.77. The second-order valence-corrected chi connectivity index (χ2v) is 6.39. The number of hydrogen-bond donors (Lipinski definition) is 2. The second-order valence-electron chi connectivity index (χ2n) is 5.48. The van der Waals surface area contributed by atoms with E-state index in [-0.39, 0.29) is 11.6 Å². The molecule has 0 heterocycles. The van der Waals surface area contributed by atoms with E-state index in [0.29, 0.717) is 11.0 Å². The van der Waals surface area contributed by atoms with Gasteiger partial charge in [-0.05, 0) is 31.0 Å². The number of anilines is 1. The number of hydrogen-bond acceptors (Lipinski definition) is 2. The van der Waals surface area contributed by atoms with Crippen molar-refractivity contribution in [2.45, 2.75) is 38.5 Å². The zero-order chi connectivity index (χ0) is 14.6. The highest BCUT2D eigenvalue weighted by Gasteiger charge is 2.37. The Bertz CT molecular complexity index is 485. The molecule has 5 heteroatoms. The molecule has 0 aliphatic heterocycles. The maximum absolute atomic E-state index is 13.8. The van der Waals surface area contributed by atoms with Gasteiger partial charge >= 0.3 is 0 Å². The Morgan fingerprint density at radius 1 is 1.30 bits per heavy atom. The van der Waals surface area contributed by atoms with Crippen LogP contribution in [0.25, 0.3) is 0 Å². The molecule has 0 saturated heterocycles. The third-order valence-corrected chi connectivity index (χ3v) is 4.61. The van der Waals surface area contributed by atoms with E-state index >= 15 is 0 Å². The minimum atomic E-state index is -0.546. The van der Waals surface area contributed by atoms with E-state index in [1.165, 1.54) is 6.07 Å². The van der Waals surface area contributed by atoms with Gasteiger partial charge in [0.05, 0.1) is 11.1 Å². The molecule has 1 aliphatic rings. The van der Waals surface area contributed by atoms with Crippen molar-refractivity contribution < 1.29 is 9.18 Å². The SMILES string of the molecule is NCC1(C(=O)Nc2ccc(Br)cc2F)CCCCCC1. The monoisotopic (exact) mass is 342 g/mol. The lowest BCUT2D eigenvalue weighted by Crippen LogP contribution is -2.42. The molecule has 1 aliphatic carbocycles. The van der Waals surface area contributed by atoms with Gasteiger partial charge in [0.2, 0.25) is 5.91 Å². The predicted octanol–water partition coefficient (Wildman–Crippen LogP) is 3.83. The van der Waals surface area contributed by atoms with Crippen LogP contribution in [0.5, 0.6) is 0 Å². The zero-order valence-corrected chi connectivity index (χ0v) is 13.0. The van der Waals surface area contributed by atoms with Gasteiger partial charge < -0.3 is 11.1 Å². The maximum atomic E-state index is 13.8. The second kappa shape index (κ2) is 6.68. The molecule has 110 valence electrons. The normalized spacial score (nSPS) is 18.4. The lowest BCUT2D eigenvalue weighted by molar-refractivity contribution is -0.125. The Morgan fingerprint density at radius 2 is 1.95 bits per heavy atom. The van der Waals surface area contributed by atoms with E-state index in [4.69, 9.17) is 5.73 Å². The summed E-state index contributed by atoms with van der Waals surface area (Å²) in [4.78, 5) is 12.5. The molecule has 3 nitrogen and oxygen atoms in total. The molecule has 20 heavy (non-hydrogen) atoms. The molecular weight excluding hydrogens is 323 g/mol. The quantitative estimate of drug-likeness (QED) is 0.820. The standard InChI is InChI=1S/C15H20BrFN2O/c16-11-5-6-13(12(17)9-11)19-14(20)15(10-18)7-3-1-2-4-8-15/h5-6,9H,1-4,7-8,10,18H2,(H,19,20). The minimum Gasteiger partial charge on any atom is -0.329 e. The van der Waals surface area contributed by atoms with Crippen molar-refractivity contribution in [3.8, 4) is 0 Å². The molecule has 2 rings (SSSR count). The number of nitrogens with one attached hydrogen (secondary N) is 1. The van der Waals surface area contributed by atoms with Gasteiger partial charge in [0.15, 0.2) is 0 Å². The van der Waals surface area contributed by atoms with Gasteiger partial charge in [0.1, 0.15) is 5.82 Å². The fourth-order valence-corrected chi connectivity index (χ4v) is 3.11.